The van der Waals surface area contributed by atoms with Crippen molar-refractivity contribution in [2.45, 2.75) is 19.0 Å². The maximum absolute atomic E-state index is 14.9. The Kier molecular flexibility index (Phi) is 4.09. The van der Waals surface area contributed by atoms with Crippen LogP contribution in [0.4, 0.5) is 10.1 Å². The first kappa shape index (κ1) is 17.8. The minimum absolute atomic E-state index is 0.00818. The fourth-order valence-corrected chi connectivity index (χ4v) is 4.17. The molecule has 3 aromatic rings. The zero-order valence-electron chi connectivity index (χ0n) is 15.8. The maximum Gasteiger partial charge on any atom is 0.258 e. The van der Waals surface area contributed by atoms with Crippen molar-refractivity contribution in [3.63, 3.8) is 0 Å². The molecule has 1 unspecified atom stereocenters. The van der Waals surface area contributed by atoms with Crippen molar-refractivity contribution < 1.29 is 18.7 Å². The first-order valence-corrected chi connectivity index (χ1v) is 9.38. The smallest absolute Gasteiger partial charge is 0.258 e. The van der Waals surface area contributed by atoms with Crippen molar-refractivity contribution in [1.29, 1.82) is 0 Å². The predicted octanol–water partition coefficient (Wildman–Crippen LogP) is 2.77. The Labute approximate surface area is 166 Å². The molecule has 0 radical (unpaired) electrons. The van der Waals surface area contributed by atoms with Crippen molar-refractivity contribution in [3.8, 4) is 17.0 Å². The van der Waals surface area contributed by atoms with Gasteiger partial charge in [0.15, 0.2) is 0 Å². The Morgan fingerprint density at radius 1 is 1.31 bits per heavy atom. The van der Waals surface area contributed by atoms with E-state index in [4.69, 9.17) is 20.2 Å². The number of nitrogens with zero attached hydrogens (tertiary/aromatic N) is 3. The Balaban J connectivity index is 1.73. The van der Waals surface area contributed by atoms with Gasteiger partial charge in [0.25, 0.3) is 5.91 Å². The monoisotopic (exact) mass is 394 g/mol. The standard InChI is InChI=1S/C21H19FN4O3/c1-28-20-12(3-2-7-24-20)16-14(22)5-4-13-18(23)17-15(25-19(13)16)9-26(21(17)27)11-6-8-29-10-11/h2-5,7,11H,6,8-10H2,1H3,(H2,23,25). The topological polar surface area (TPSA) is 90.6 Å². The summed E-state index contributed by atoms with van der Waals surface area (Å²) in [4.78, 5) is 23.6. The van der Waals surface area contributed by atoms with Crippen molar-refractivity contribution in [2.24, 2.45) is 0 Å². The number of aromatic nitrogens is 2. The van der Waals surface area contributed by atoms with Gasteiger partial charge in [0.05, 0.1) is 48.8 Å². The summed E-state index contributed by atoms with van der Waals surface area (Å²) in [6, 6.07) is 6.33. The van der Waals surface area contributed by atoms with Gasteiger partial charge in [-0.25, -0.2) is 14.4 Å². The first-order valence-electron chi connectivity index (χ1n) is 9.38. The number of fused-ring (bicyclic) bond motifs is 2. The van der Waals surface area contributed by atoms with Gasteiger partial charge in [-0.2, -0.15) is 0 Å². The van der Waals surface area contributed by atoms with E-state index >= 15 is 0 Å². The number of halogens is 1. The average molecular weight is 394 g/mol. The molecule has 1 fully saturated rings. The van der Waals surface area contributed by atoms with E-state index in [1.807, 2.05) is 0 Å². The summed E-state index contributed by atoms with van der Waals surface area (Å²) < 4.78 is 25.7. The summed E-state index contributed by atoms with van der Waals surface area (Å²) in [6.07, 6.45) is 2.36. The molecule has 29 heavy (non-hydrogen) atoms. The molecule has 1 amide bonds. The lowest BCUT2D eigenvalue weighted by Crippen LogP contribution is -2.35. The largest absolute Gasteiger partial charge is 0.481 e. The van der Waals surface area contributed by atoms with Gasteiger partial charge in [0, 0.05) is 29.3 Å². The fraction of sp³-hybridized carbons (Fsp3) is 0.286. The highest BCUT2D eigenvalue weighted by atomic mass is 19.1. The number of anilines is 1. The molecule has 0 bridgehead atoms. The summed E-state index contributed by atoms with van der Waals surface area (Å²) in [5.74, 6) is -0.311. The average Bonchev–Trinajstić information content (AvgIpc) is 3.36. The van der Waals surface area contributed by atoms with Crippen LogP contribution in [-0.4, -0.2) is 47.1 Å². The normalized spacial score (nSPS) is 18.5. The molecule has 2 N–H and O–H groups in total. The highest BCUT2D eigenvalue weighted by Gasteiger charge is 2.38. The second kappa shape index (κ2) is 6.66. The highest BCUT2D eigenvalue weighted by Crippen LogP contribution is 2.40. The van der Waals surface area contributed by atoms with E-state index < -0.39 is 5.82 Å². The molecule has 0 saturated carbocycles. The molecule has 1 atom stereocenters. The second-order valence-corrected chi connectivity index (χ2v) is 7.18. The van der Waals surface area contributed by atoms with Gasteiger partial charge in [0.2, 0.25) is 5.88 Å². The minimum Gasteiger partial charge on any atom is -0.481 e. The van der Waals surface area contributed by atoms with E-state index in [-0.39, 0.29) is 17.5 Å². The highest BCUT2D eigenvalue weighted by molar-refractivity contribution is 6.11. The number of amides is 1. The molecule has 2 aliphatic heterocycles. The number of carbonyl (C=O) groups is 1. The van der Waals surface area contributed by atoms with Crippen LogP contribution in [0.15, 0.2) is 30.5 Å². The third-order valence-corrected chi connectivity index (χ3v) is 5.60. The number of nitrogen functional groups attached to an aromatic ring is 1. The number of nitrogens with two attached hydrogens (primary N) is 1. The van der Waals surface area contributed by atoms with Crippen molar-refractivity contribution in [2.75, 3.05) is 26.1 Å². The van der Waals surface area contributed by atoms with E-state index in [1.165, 1.54) is 13.2 Å². The van der Waals surface area contributed by atoms with Gasteiger partial charge in [-0.3, -0.25) is 4.79 Å². The number of hydrogen-bond donors (Lipinski definition) is 1. The third-order valence-electron chi connectivity index (χ3n) is 5.60. The number of pyridine rings is 2. The lowest BCUT2D eigenvalue weighted by atomic mass is 9.99. The van der Waals surface area contributed by atoms with Gasteiger partial charge in [-0.05, 0) is 30.7 Å². The van der Waals surface area contributed by atoms with Crippen molar-refractivity contribution >= 4 is 22.5 Å². The molecule has 2 aliphatic rings. The Bertz CT molecular complexity index is 1140. The van der Waals surface area contributed by atoms with Crippen LogP contribution < -0.4 is 10.5 Å². The van der Waals surface area contributed by atoms with Crippen molar-refractivity contribution in [1.82, 2.24) is 14.9 Å². The van der Waals surface area contributed by atoms with Crippen molar-refractivity contribution in [3.05, 3.63) is 47.5 Å². The SMILES string of the molecule is COc1ncccc1-c1c(F)ccc2c(N)c3c(nc12)CN(C1CCOC1)C3=O. The molecule has 1 saturated heterocycles. The fourth-order valence-electron chi connectivity index (χ4n) is 4.17. The van der Waals surface area contributed by atoms with Crippen LogP contribution in [0.1, 0.15) is 22.5 Å². The molecule has 2 aromatic heterocycles. The summed E-state index contributed by atoms with van der Waals surface area (Å²) in [6.45, 7) is 1.47. The molecule has 4 heterocycles. The van der Waals surface area contributed by atoms with Gasteiger partial charge in [0.1, 0.15) is 5.82 Å². The van der Waals surface area contributed by atoms with Gasteiger partial charge in [-0.1, -0.05) is 0 Å². The predicted molar refractivity (Wildman–Crippen MR) is 105 cm³/mol. The molecule has 0 spiro atoms. The molecular formula is C21H19FN4O3. The Morgan fingerprint density at radius 3 is 2.93 bits per heavy atom. The number of carbonyl (C=O) groups excluding carboxylic acids is 1. The minimum atomic E-state index is -0.457. The van der Waals surface area contributed by atoms with Crippen LogP contribution in [0.5, 0.6) is 5.88 Å². The molecular weight excluding hydrogens is 375 g/mol. The molecule has 0 aliphatic carbocycles. The number of methoxy groups -OCH3 is 1. The number of ether oxygens (including phenoxy) is 2. The lowest BCUT2D eigenvalue weighted by molar-refractivity contribution is 0.0679. The molecule has 8 heteroatoms. The number of benzene rings is 1. The van der Waals surface area contributed by atoms with Crippen LogP contribution in [-0.2, 0) is 11.3 Å². The number of rotatable bonds is 3. The molecule has 148 valence electrons. The third kappa shape index (κ3) is 2.63. The van der Waals surface area contributed by atoms with Crippen LogP contribution in [0.2, 0.25) is 0 Å². The van der Waals surface area contributed by atoms with E-state index in [2.05, 4.69) is 4.98 Å². The Morgan fingerprint density at radius 2 is 2.17 bits per heavy atom. The van der Waals surface area contributed by atoms with Gasteiger partial charge in [-0.15, -0.1) is 0 Å². The zero-order chi connectivity index (χ0) is 20.1. The lowest BCUT2D eigenvalue weighted by Gasteiger charge is -2.21. The van der Waals surface area contributed by atoms with Crippen LogP contribution in [0, 0.1) is 5.82 Å². The summed E-state index contributed by atoms with van der Waals surface area (Å²) >= 11 is 0. The van der Waals surface area contributed by atoms with Crippen LogP contribution >= 0.6 is 0 Å². The first-order chi connectivity index (χ1) is 14.1. The van der Waals surface area contributed by atoms with E-state index in [0.717, 1.165) is 6.42 Å². The van der Waals surface area contributed by atoms with Crippen LogP contribution in [0.25, 0.3) is 22.0 Å². The van der Waals surface area contributed by atoms with E-state index in [9.17, 15) is 9.18 Å². The van der Waals surface area contributed by atoms with Crippen LogP contribution in [0.3, 0.4) is 0 Å². The maximum atomic E-state index is 14.9. The zero-order valence-corrected chi connectivity index (χ0v) is 15.8. The second-order valence-electron chi connectivity index (χ2n) is 7.18. The Hall–Kier alpha value is -3.26. The molecule has 5 rings (SSSR count). The van der Waals surface area contributed by atoms with Gasteiger partial charge < -0.3 is 20.1 Å². The summed E-state index contributed by atoms with van der Waals surface area (Å²) in [7, 11) is 1.48. The van der Waals surface area contributed by atoms with E-state index in [0.29, 0.717) is 59.0 Å². The molecule has 7 nitrogen and oxygen atoms in total. The van der Waals surface area contributed by atoms with E-state index in [1.54, 1.807) is 29.3 Å². The number of hydrogen-bond acceptors (Lipinski definition) is 6. The quantitative estimate of drug-likeness (QED) is 0.735. The summed E-state index contributed by atoms with van der Waals surface area (Å²) in [5.41, 5.74) is 8.82. The molecule has 1 aromatic carbocycles. The summed E-state index contributed by atoms with van der Waals surface area (Å²) in [5, 5.41) is 0.531. The van der Waals surface area contributed by atoms with Gasteiger partial charge >= 0.3 is 0 Å².